The number of carbonyl (C=O) groups excluding carboxylic acids is 1. The van der Waals surface area contributed by atoms with E-state index in [0.717, 1.165) is 0 Å². The Bertz CT molecular complexity index is 632. The Hall–Kier alpha value is -2.14. The fourth-order valence-corrected chi connectivity index (χ4v) is 2.00. The molecule has 106 valence electrons. The van der Waals surface area contributed by atoms with Gasteiger partial charge in [-0.05, 0) is 35.9 Å². The van der Waals surface area contributed by atoms with Gasteiger partial charge in [0.1, 0.15) is 0 Å². The first-order valence-corrected chi connectivity index (χ1v) is 6.09. The Kier molecular flexibility index (Phi) is 4.20. The van der Waals surface area contributed by atoms with Crippen molar-refractivity contribution in [2.24, 2.45) is 0 Å². The van der Waals surface area contributed by atoms with Crippen molar-refractivity contribution >= 4 is 17.4 Å². The van der Waals surface area contributed by atoms with Crippen LogP contribution in [0.1, 0.15) is 16.1 Å². The summed E-state index contributed by atoms with van der Waals surface area (Å²) in [6.07, 6.45) is 0. The second-order valence-electron chi connectivity index (χ2n) is 3.81. The number of methoxy groups -OCH3 is 3. The van der Waals surface area contributed by atoms with Crippen LogP contribution in [0.2, 0.25) is 5.22 Å². The van der Waals surface area contributed by atoms with Crippen molar-refractivity contribution in [3.05, 3.63) is 40.8 Å². The van der Waals surface area contributed by atoms with Gasteiger partial charge in [-0.2, -0.15) is 0 Å². The number of furan rings is 1. The Morgan fingerprint density at radius 1 is 1.00 bits per heavy atom. The molecule has 1 heterocycles. The average molecular weight is 297 g/mol. The van der Waals surface area contributed by atoms with Crippen molar-refractivity contribution in [1.29, 1.82) is 0 Å². The minimum absolute atomic E-state index is 0.125. The summed E-state index contributed by atoms with van der Waals surface area (Å²) in [6.45, 7) is 0. The van der Waals surface area contributed by atoms with Crippen molar-refractivity contribution in [3.63, 3.8) is 0 Å². The molecule has 1 aromatic carbocycles. The number of carbonyl (C=O) groups is 1. The van der Waals surface area contributed by atoms with E-state index in [-0.39, 0.29) is 22.5 Å². The monoisotopic (exact) mass is 296 g/mol. The van der Waals surface area contributed by atoms with E-state index in [0.29, 0.717) is 17.1 Å². The molecule has 0 amide bonds. The van der Waals surface area contributed by atoms with Crippen LogP contribution in [-0.4, -0.2) is 27.1 Å². The molecule has 0 atom stereocenters. The fraction of sp³-hybridized carbons (Fsp3) is 0.214. The second kappa shape index (κ2) is 5.88. The molecule has 0 fully saturated rings. The lowest BCUT2D eigenvalue weighted by molar-refractivity contribution is 0.101. The molecule has 0 unspecified atom stereocenters. The zero-order valence-electron chi connectivity index (χ0n) is 11.2. The first kappa shape index (κ1) is 14.3. The molecule has 0 radical (unpaired) electrons. The quantitative estimate of drug-likeness (QED) is 0.793. The van der Waals surface area contributed by atoms with Crippen LogP contribution < -0.4 is 14.2 Å². The Labute approximate surface area is 121 Å². The van der Waals surface area contributed by atoms with E-state index in [2.05, 4.69) is 0 Å². The number of benzene rings is 1. The molecule has 0 aliphatic rings. The molecule has 0 aliphatic carbocycles. The highest BCUT2D eigenvalue weighted by Gasteiger charge is 2.23. The molecule has 6 heteroatoms. The van der Waals surface area contributed by atoms with Gasteiger partial charge < -0.3 is 18.6 Å². The minimum atomic E-state index is -0.352. The van der Waals surface area contributed by atoms with Crippen LogP contribution in [0.15, 0.2) is 28.7 Å². The van der Waals surface area contributed by atoms with E-state index >= 15 is 0 Å². The molecule has 0 N–H and O–H groups in total. The molecule has 5 nitrogen and oxygen atoms in total. The standard InChI is InChI=1S/C14H13ClO5/c1-17-10-5-4-8(13(18-2)14(10)19-3)12(16)9-6-7-11(15)20-9/h4-7H,1-3H3. The summed E-state index contributed by atoms with van der Waals surface area (Å²) < 4.78 is 20.8. The van der Waals surface area contributed by atoms with Crippen molar-refractivity contribution in [1.82, 2.24) is 0 Å². The summed E-state index contributed by atoms with van der Waals surface area (Å²) >= 11 is 5.68. The second-order valence-corrected chi connectivity index (χ2v) is 4.19. The zero-order valence-corrected chi connectivity index (χ0v) is 12.0. The number of hydrogen-bond donors (Lipinski definition) is 0. The Balaban J connectivity index is 2.54. The van der Waals surface area contributed by atoms with Gasteiger partial charge in [0.25, 0.3) is 0 Å². The van der Waals surface area contributed by atoms with Crippen molar-refractivity contribution < 1.29 is 23.4 Å². The highest BCUT2D eigenvalue weighted by molar-refractivity contribution is 6.29. The number of hydrogen-bond acceptors (Lipinski definition) is 5. The molecule has 0 saturated heterocycles. The van der Waals surface area contributed by atoms with Crippen LogP contribution in [-0.2, 0) is 0 Å². The van der Waals surface area contributed by atoms with Gasteiger partial charge in [0, 0.05) is 0 Å². The molecule has 1 aromatic heterocycles. The third-order valence-corrected chi connectivity index (χ3v) is 2.95. The van der Waals surface area contributed by atoms with Gasteiger partial charge in [-0.25, -0.2) is 0 Å². The Morgan fingerprint density at radius 3 is 2.20 bits per heavy atom. The van der Waals surface area contributed by atoms with E-state index in [1.165, 1.54) is 33.5 Å². The molecule has 2 rings (SSSR count). The minimum Gasteiger partial charge on any atom is -0.493 e. The van der Waals surface area contributed by atoms with Crippen molar-refractivity contribution in [3.8, 4) is 17.2 Å². The van der Waals surface area contributed by atoms with Crippen LogP contribution in [0, 0.1) is 0 Å². The summed E-state index contributed by atoms with van der Waals surface area (Å²) in [7, 11) is 4.42. The zero-order chi connectivity index (χ0) is 14.7. The number of halogens is 1. The maximum absolute atomic E-state index is 12.4. The van der Waals surface area contributed by atoms with E-state index < -0.39 is 0 Å². The SMILES string of the molecule is COc1ccc(C(=O)c2ccc(Cl)o2)c(OC)c1OC. The first-order chi connectivity index (χ1) is 9.62. The van der Waals surface area contributed by atoms with Crippen LogP contribution in [0.5, 0.6) is 17.2 Å². The number of rotatable bonds is 5. The summed E-state index contributed by atoms with van der Waals surface area (Å²) in [6, 6.07) is 6.21. The van der Waals surface area contributed by atoms with Gasteiger partial charge in [0.2, 0.25) is 11.5 Å². The fourth-order valence-electron chi connectivity index (χ4n) is 1.85. The Morgan fingerprint density at radius 2 is 1.70 bits per heavy atom. The number of ketones is 1. The van der Waals surface area contributed by atoms with Crippen LogP contribution in [0.4, 0.5) is 0 Å². The summed E-state index contributed by atoms with van der Waals surface area (Å²) in [4.78, 5) is 12.4. The molecule has 0 saturated carbocycles. The molecule has 0 aliphatic heterocycles. The van der Waals surface area contributed by atoms with Gasteiger partial charge in [-0.1, -0.05) is 0 Å². The van der Waals surface area contributed by atoms with Crippen LogP contribution in [0.25, 0.3) is 0 Å². The average Bonchev–Trinajstić information content (AvgIpc) is 2.91. The lowest BCUT2D eigenvalue weighted by atomic mass is 10.1. The van der Waals surface area contributed by atoms with Crippen LogP contribution >= 0.6 is 11.6 Å². The maximum atomic E-state index is 12.4. The van der Waals surface area contributed by atoms with Gasteiger partial charge in [0.15, 0.2) is 22.5 Å². The van der Waals surface area contributed by atoms with E-state index in [4.69, 9.17) is 30.2 Å². The van der Waals surface area contributed by atoms with E-state index in [1.807, 2.05) is 0 Å². The smallest absolute Gasteiger partial charge is 0.232 e. The third kappa shape index (κ3) is 2.44. The lowest BCUT2D eigenvalue weighted by Crippen LogP contribution is -2.05. The largest absolute Gasteiger partial charge is 0.493 e. The number of ether oxygens (including phenoxy) is 3. The summed E-state index contributed by atoms with van der Waals surface area (Å²) in [5, 5.41) is 0.146. The summed E-state index contributed by atoms with van der Waals surface area (Å²) in [5.74, 6) is 0.872. The van der Waals surface area contributed by atoms with Crippen molar-refractivity contribution in [2.75, 3.05) is 21.3 Å². The van der Waals surface area contributed by atoms with Gasteiger partial charge >= 0.3 is 0 Å². The summed E-state index contributed by atoms with van der Waals surface area (Å²) in [5.41, 5.74) is 0.302. The third-order valence-electron chi connectivity index (χ3n) is 2.75. The highest BCUT2D eigenvalue weighted by atomic mass is 35.5. The molecule has 20 heavy (non-hydrogen) atoms. The topological polar surface area (TPSA) is 57.9 Å². The van der Waals surface area contributed by atoms with Crippen molar-refractivity contribution in [2.45, 2.75) is 0 Å². The molecule has 0 spiro atoms. The van der Waals surface area contributed by atoms with E-state index in [1.54, 1.807) is 12.1 Å². The predicted molar refractivity (Wildman–Crippen MR) is 73.2 cm³/mol. The maximum Gasteiger partial charge on any atom is 0.232 e. The van der Waals surface area contributed by atoms with E-state index in [9.17, 15) is 4.79 Å². The molecule has 2 aromatic rings. The van der Waals surface area contributed by atoms with Gasteiger partial charge in [-0.15, -0.1) is 0 Å². The molecular formula is C14H13ClO5. The molecule has 0 bridgehead atoms. The van der Waals surface area contributed by atoms with Gasteiger partial charge in [0.05, 0.1) is 26.9 Å². The lowest BCUT2D eigenvalue weighted by Gasteiger charge is -2.14. The first-order valence-electron chi connectivity index (χ1n) is 5.71. The van der Waals surface area contributed by atoms with Gasteiger partial charge in [-0.3, -0.25) is 4.79 Å². The van der Waals surface area contributed by atoms with Crippen LogP contribution in [0.3, 0.4) is 0 Å². The molecular weight excluding hydrogens is 284 g/mol. The predicted octanol–water partition coefficient (Wildman–Crippen LogP) is 3.19. The highest BCUT2D eigenvalue weighted by Crippen LogP contribution is 2.40. The normalized spacial score (nSPS) is 10.2.